The first-order valence-electron chi connectivity index (χ1n) is 3.76. The standard InChI is InChI=1S/C9H11N3/c1-3-4-6-10-9-11-7-5-8(2)12-9/h5,7H,6H2,1-2H3,(H,10,11,12). The van der Waals surface area contributed by atoms with E-state index in [2.05, 4.69) is 27.1 Å². The number of hydrogen-bond donors (Lipinski definition) is 1. The summed E-state index contributed by atoms with van der Waals surface area (Å²) < 4.78 is 0. The van der Waals surface area contributed by atoms with E-state index in [1.54, 1.807) is 13.1 Å². The summed E-state index contributed by atoms with van der Waals surface area (Å²) in [4.78, 5) is 8.18. The van der Waals surface area contributed by atoms with Crippen molar-refractivity contribution in [3.8, 4) is 11.8 Å². The Morgan fingerprint density at radius 2 is 2.42 bits per heavy atom. The van der Waals surface area contributed by atoms with Gasteiger partial charge < -0.3 is 5.32 Å². The fourth-order valence-corrected chi connectivity index (χ4v) is 0.746. The van der Waals surface area contributed by atoms with E-state index < -0.39 is 0 Å². The summed E-state index contributed by atoms with van der Waals surface area (Å²) in [5, 5.41) is 2.99. The maximum absolute atomic E-state index is 4.15. The quantitative estimate of drug-likeness (QED) is 0.663. The highest BCUT2D eigenvalue weighted by Gasteiger charge is 1.91. The highest BCUT2D eigenvalue weighted by atomic mass is 15.1. The van der Waals surface area contributed by atoms with Crippen LogP contribution in [0.2, 0.25) is 0 Å². The van der Waals surface area contributed by atoms with Crippen LogP contribution in [0.25, 0.3) is 0 Å². The van der Waals surface area contributed by atoms with Crippen LogP contribution in [0.3, 0.4) is 0 Å². The number of rotatable bonds is 2. The zero-order valence-electron chi connectivity index (χ0n) is 7.26. The molecular weight excluding hydrogens is 150 g/mol. The van der Waals surface area contributed by atoms with Gasteiger partial charge >= 0.3 is 0 Å². The highest BCUT2D eigenvalue weighted by Crippen LogP contribution is 1.96. The fraction of sp³-hybridized carbons (Fsp3) is 0.333. The Balaban J connectivity index is 2.55. The van der Waals surface area contributed by atoms with Crippen LogP contribution in [0, 0.1) is 18.8 Å². The van der Waals surface area contributed by atoms with Crippen LogP contribution in [0.15, 0.2) is 12.3 Å². The molecule has 0 amide bonds. The summed E-state index contributed by atoms with van der Waals surface area (Å²) in [6.07, 6.45) is 1.73. The number of aryl methyl sites for hydroxylation is 1. The van der Waals surface area contributed by atoms with Crippen molar-refractivity contribution in [2.75, 3.05) is 11.9 Å². The lowest BCUT2D eigenvalue weighted by Gasteiger charge is -1.99. The van der Waals surface area contributed by atoms with Crippen LogP contribution in [-0.4, -0.2) is 16.5 Å². The second-order valence-corrected chi connectivity index (χ2v) is 2.30. The predicted octanol–water partition coefficient (Wildman–Crippen LogP) is 1.22. The molecule has 1 heterocycles. The summed E-state index contributed by atoms with van der Waals surface area (Å²) in [6.45, 7) is 4.33. The van der Waals surface area contributed by atoms with Gasteiger partial charge in [0.25, 0.3) is 0 Å². The first-order chi connectivity index (χ1) is 5.83. The number of nitrogens with zero attached hydrogens (tertiary/aromatic N) is 2. The van der Waals surface area contributed by atoms with E-state index in [0.717, 1.165) is 5.69 Å². The Labute approximate surface area is 72.2 Å². The number of nitrogens with one attached hydrogen (secondary N) is 1. The molecule has 62 valence electrons. The van der Waals surface area contributed by atoms with Gasteiger partial charge in [0.05, 0.1) is 6.54 Å². The minimum atomic E-state index is 0.597. The smallest absolute Gasteiger partial charge is 0.223 e. The molecule has 3 heteroatoms. The zero-order chi connectivity index (χ0) is 8.81. The monoisotopic (exact) mass is 161 g/mol. The summed E-state index contributed by atoms with van der Waals surface area (Å²) in [5.41, 5.74) is 0.956. The van der Waals surface area contributed by atoms with Crippen LogP contribution >= 0.6 is 0 Å². The summed E-state index contributed by atoms with van der Waals surface area (Å²) in [5.74, 6) is 6.30. The van der Waals surface area contributed by atoms with E-state index in [1.165, 1.54) is 0 Å². The Hall–Kier alpha value is -1.56. The minimum Gasteiger partial charge on any atom is -0.343 e. The lowest BCUT2D eigenvalue weighted by molar-refractivity contribution is 1.08. The Bertz CT molecular complexity index is 309. The van der Waals surface area contributed by atoms with E-state index in [0.29, 0.717) is 12.5 Å². The molecule has 0 fully saturated rings. The molecular formula is C9H11N3. The van der Waals surface area contributed by atoms with Crippen molar-refractivity contribution in [1.82, 2.24) is 9.97 Å². The summed E-state index contributed by atoms with van der Waals surface area (Å²) in [7, 11) is 0. The Morgan fingerprint density at radius 1 is 1.58 bits per heavy atom. The van der Waals surface area contributed by atoms with Crippen molar-refractivity contribution < 1.29 is 0 Å². The molecule has 1 rings (SSSR count). The van der Waals surface area contributed by atoms with Gasteiger partial charge in [-0.05, 0) is 19.9 Å². The van der Waals surface area contributed by atoms with Gasteiger partial charge in [0.2, 0.25) is 5.95 Å². The number of aromatic nitrogens is 2. The van der Waals surface area contributed by atoms with Gasteiger partial charge in [-0.3, -0.25) is 0 Å². The molecule has 0 aliphatic heterocycles. The van der Waals surface area contributed by atoms with Crippen molar-refractivity contribution in [2.45, 2.75) is 13.8 Å². The molecule has 0 aliphatic rings. The van der Waals surface area contributed by atoms with E-state index in [-0.39, 0.29) is 0 Å². The average Bonchev–Trinajstić information content (AvgIpc) is 2.05. The first kappa shape index (κ1) is 8.54. The molecule has 0 unspecified atom stereocenters. The molecule has 1 aromatic heterocycles. The predicted molar refractivity (Wildman–Crippen MR) is 48.7 cm³/mol. The highest BCUT2D eigenvalue weighted by molar-refractivity contribution is 5.27. The zero-order valence-corrected chi connectivity index (χ0v) is 7.26. The number of anilines is 1. The first-order valence-corrected chi connectivity index (χ1v) is 3.76. The molecule has 0 radical (unpaired) electrons. The fourth-order valence-electron chi connectivity index (χ4n) is 0.746. The lowest BCUT2D eigenvalue weighted by atomic mass is 10.5. The lowest BCUT2D eigenvalue weighted by Crippen LogP contribution is -2.03. The van der Waals surface area contributed by atoms with Gasteiger partial charge in [0.1, 0.15) is 0 Å². The van der Waals surface area contributed by atoms with Crippen molar-refractivity contribution in [2.24, 2.45) is 0 Å². The van der Waals surface area contributed by atoms with E-state index >= 15 is 0 Å². The number of hydrogen-bond acceptors (Lipinski definition) is 3. The molecule has 0 saturated heterocycles. The molecule has 1 aromatic rings. The van der Waals surface area contributed by atoms with Crippen molar-refractivity contribution in [3.63, 3.8) is 0 Å². The molecule has 0 atom stereocenters. The molecule has 0 spiro atoms. The maximum atomic E-state index is 4.15. The van der Waals surface area contributed by atoms with E-state index in [4.69, 9.17) is 0 Å². The van der Waals surface area contributed by atoms with Gasteiger partial charge in [-0.15, -0.1) is 5.92 Å². The van der Waals surface area contributed by atoms with Crippen molar-refractivity contribution >= 4 is 5.95 Å². The molecule has 0 aliphatic carbocycles. The Kier molecular flexibility index (Phi) is 3.09. The normalized spacial score (nSPS) is 8.50. The van der Waals surface area contributed by atoms with Crippen LogP contribution in [0.5, 0.6) is 0 Å². The van der Waals surface area contributed by atoms with Crippen LogP contribution in [-0.2, 0) is 0 Å². The second-order valence-electron chi connectivity index (χ2n) is 2.30. The van der Waals surface area contributed by atoms with Crippen molar-refractivity contribution in [3.05, 3.63) is 18.0 Å². The SMILES string of the molecule is CC#CCNc1nccc(C)n1. The maximum Gasteiger partial charge on any atom is 0.223 e. The average molecular weight is 161 g/mol. The molecule has 0 bridgehead atoms. The van der Waals surface area contributed by atoms with E-state index in [1.807, 2.05) is 13.0 Å². The Morgan fingerprint density at radius 3 is 3.08 bits per heavy atom. The molecule has 1 N–H and O–H groups in total. The van der Waals surface area contributed by atoms with Crippen molar-refractivity contribution in [1.29, 1.82) is 0 Å². The minimum absolute atomic E-state index is 0.597. The van der Waals surface area contributed by atoms with E-state index in [9.17, 15) is 0 Å². The third-order valence-electron chi connectivity index (χ3n) is 1.31. The molecule has 0 aromatic carbocycles. The second kappa shape index (κ2) is 4.35. The molecule has 12 heavy (non-hydrogen) atoms. The molecule has 3 nitrogen and oxygen atoms in total. The van der Waals surface area contributed by atoms with Crippen LogP contribution < -0.4 is 5.32 Å². The van der Waals surface area contributed by atoms with Gasteiger partial charge in [-0.2, -0.15) is 0 Å². The van der Waals surface area contributed by atoms with Gasteiger partial charge in [-0.25, -0.2) is 9.97 Å². The van der Waals surface area contributed by atoms with Crippen LogP contribution in [0.1, 0.15) is 12.6 Å². The third kappa shape index (κ3) is 2.59. The summed E-state index contributed by atoms with van der Waals surface area (Å²) in [6, 6.07) is 1.86. The summed E-state index contributed by atoms with van der Waals surface area (Å²) >= 11 is 0. The molecule has 0 saturated carbocycles. The third-order valence-corrected chi connectivity index (χ3v) is 1.31. The van der Waals surface area contributed by atoms with Crippen LogP contribution in [0.4, 0.5) is 5.95 Å². The van der Waals surface area contributed by atoms with Gasteiger partial charge in [-0.1, -0.05) is 5.92 Å². The van der Waals surface area contributed by atoms with Gasteiger partial charge in [0.15, 0.2) is 0 Å². The largest absolute Gasteiger partial charge is 0.343 e. The topological polar surface area (TPSA) is 37.8 Å². The van der Waals surface area contributed by atoms with Gasteiger partial charge in [0, 0.05) is 11.9 Å².